The van der Waals surface area contributed by atoms with Crippen molar-refractivity contribution in [3.8, 4) is 0 Å². The lowest BCUT2D eigenvalue weighted by molar-refractivity contribution is 0.0295. The van der Waals surface area contributed by atoms with Gasteiger partial charge in [0.15, 0.2) is 5.69 Å². The minimum atomic E-state index is -0.270. The van der Waals surface area contributed by atoms with E-state index in [0.29, 0.717) is 12.2 Å². The molecule has 2 aromatic rings. The zero-order valence-corrected chi connectivity index (χ0v) is 13.6. The van der Waals surface area contributed by atoms with Crippen molar-refractivity contribution in [2.24, 2.45) is 0 Å². The van der Waals surface area contributed by atoms with Gasteiger partial charge in [0.05, 0.1) is 13.2 Å². The molecule has 0 saturated heterocycles. The third-order valence-electron chi connectivity index (χ3n) is 3.88. The van der Waals surface area contributed by atoms with Crippen LogP contribution < -0.4 is 5.32 Å². The summed E-state index contributed by atoms with van der Waals surface area (Å²) in [5.74, 6) is 0.610. The number of carbonyl (C=O) groups excluding carboxylic acids is 1. The summed E-state index contributed by atoms with van der Waals surface area (Å²) in [6.07, 6.45) is 3.57. The van der Waals surface area contributed by atoms with Crippen LogP contribution in [0.15, 0.2) is 22.0 Å². The average molecular weight is 336 g/mol. The maximum absolute atomic E-state index is 12.4. The van der Waals surface area contributed by atoms with Gasteiger partial charge in [0, 0.05) is 23.4 Å². The molecule has 2 N–H and O–H groups in total. The second-order valence-electron chi connectivity index (χ2n) is 5.45. The van der Waals surface area contributed by atoms with Crippen molar-refractivity contribution in [1.29, 1.82) is 0 Å². The Balaban J connectivity index is 1.63. The van der Waals surface area contributed by atoms with Crippen LogP contribution in [0.4, 0.5) is 0 Å². The second kappa shape index (κ2) is 7.72. The first-order chi connectivity index (χ1) is 11.3. The number of aliphatic hydroxyl groups excluding tert-OH is 1. The molecule has 7 heteroatoms. The molecule has 0 aromatic carbocycles. The number of aromatic nitrogens is 1. The van der Waals surface area contributed by atoms with E-state index in [1.807, 2.05) is 17.5 Å². The molecule has 1 aliphatic rings. The summed E-state index contributed by atoms with van der Waals surface area (Å²) in [5.41, 5.74) is 1.34. The molecule has 0 radical (unpaired) electrons. The molecule has 2 heterocycles. The van der Waals surface area contributed by atoms with Crippen LogP contribution in [0.5, 0.6) is 0 Å². The molecular weight excluding hydrogens is 316 g/mol. The maximum atomic E-state index is 12.4. The van der Waals surface area contributed by atoms with Gasteiger partial charge in [-0.1, -0.05) is 11.2 Å². The van der Waals surface area contributed by atoms with E-state index in [0.717, 1.165) is 41.9 Å². The highest BCUT2D eigenvalue weighted by atomic mass is 32.1. The van der Waals surface area contributed by atoms with Crippen LogP contribution in [0.25, 0.3) is 0 Å². The Bertz CT molecular complexity index is 639. The number of rotatable bonds is 7. The second-order valence-corrected chi connectivity index (χ2v) is 6.43. The van der Waals surface area contributed by atoms with Crippen molar-refractivity contribution in [3.63, 3.8) is 0 Å². The fraction of sp³-hybridized carbons (Fsp3) is 0.500. The third-order valence-corrected chi connectivity index (χ3v) is 4.85. The molecule has 1 atom stereocenters. The van der Waals surface area contributed by atoms with Crippen molar-refractivity contribution < 1.29 is 19.2 Å². The van der Waals surface area contributed by atoms with Crippen molar-refractivity contribution in [2.45, 2.75) is 31.8 Å². The maximum Gasteiger partial charge on any atom is 0.273 e. The molecule has 3 rings (SSSR count). The molecule has 23 heavy (non-hydrogen) atoms. The first-order valence-corrected chi connectivity index (χ1v) is 8.69. The van der Waals surface area contributed by atoms with Gasteiger partial charge in [-0.05, 0) is 30.7 Å². The van der Waals surface area contributed by atoms with Gasteiger partial charge in [0.25, 0.3) is 5.91 Å². The number of hydrogen-bond acceptors (Lipinski definition) is 6. The Morgan fingerprint density at radius 1 is 1.48 bits per heavy atom. The molecular formula is C16H20N2O4S. The van der Waals surface area contributed by atoms with Crippen molar-refractivity contribution in [1.82, 2.24) is 10.5 Å². The van der Waals surface area contributed by atoms with Gasteiger partial charge >= 0.3 is 0 Å². The third kappa shape index (κ3) is 3.80. The van der Waals surface area contributed by atoms with Crippen molar-refractivity contribution >= 4 is 17.2 Å². The van der Waals surface area contributed by atoms with E-state index in [2.05, 4.69) is 10.5 Å². The Morgan fingerprint density at radius 2 is 2.35 bits per heavy atom. The van der Waals surface area contributed by atoms with Crippen LogP contribution in [0.2, 0.25) is 0 Å². The van der Waals surface area contributed by atoms with E-state index in [9.17, 15) is 4.79 Å². The summed E-state index contributed by atoms with van der Waals surface area (Å²) in [6.45, 7) is 0.519. The van der Waals surface area contributed by atoms with Gasteiger partial charge in [-0.2, -0.15) is 0 Å². The van der Waals surface area contributed by atoms with E-state index in [1.54, 1.807) is 11.3 Å². The molecule has 1 amide bonds. The number of hydrogen-bond donors (Lipinski definition) is 2. The molecule has 0 unspecified atom stereocenters. The molecule has 0 bridgehead atoms. The van der Waals surface area contributed by atoms with Crippen LogP contribution in [-0.4, -0.2) is 35.9 Å². The molecule has 124 valence electrons. The van der Waals surface area contributed by atoms with Crippen LogP contribution in [0, 0.1) is 0 Å². The smallest absolute Gasteiger partial charge is 0.273 e. The van der Waals surface area contributed by atoms with Gasteiger partial charge < -0.3 is 19.7 Å². The summed E-state index contributed by atoms with van der Waals surface area (Å²) in [5, 5.41) is 17.7. The fourth-order valence-electron chi connectivity index (χ4n) is 2.74. The lowest BCUT2D eigenvalue weighted by atomic mass is 9.96. The van der Waals surface area contributed by atoms with Crippen LogP contribution >= 0.6 is 11.3 Å². The van der Waals surface area contributed by atoms with Gasteiger partial charge in [0.1, 0.15) is 11.9 Å². The van der Waals surface area contributed by atoms with Crippen molar-refractivity contribution in [3.05, 3.63) is 39.4 Å². The fourth-order valence-corrected chi connectivity index (χ4v) is 3.52. The quantitative estimate of drug-likeness (QED) is 0.809. The normalized spacial score (nSPS) is 15.2. The van der Waals surface area contributed by atoms with Crippen LogP contribution in [-0.2, 0) is 17.6 Å². The Labute approximate surface area is 138 Å². The Hall–Kier alpha value is -1.70. The number of ether oxygens (including phenoxy) is 1. The lowest BCUT2D eigenvalue weighted by Crippen LogP contribution is -2.30. The first kappa shape index (κ1) is 16.2. The standard InChI is InChI=1S/C16H20N2O4S/c19-7-8-21-13(14-6-3-9-23-14)10-17-16(20)15-11-4-1-2-5-12(11)22-18-15/h3,6,9,13,19H,1-2,4-5,7-8,10H2,(H,17,20)/t13-/m1/s1. The number of amides is 1. The first-order valence-electron chi connectivity index (χ1n) is 7.81. The zero-order valence-electron chi connectivity index (χ0n) is 12.8. The lowest BCUT2D eigenvalue weighted by Gasteiger charge is -2.17. The summed E-state index contributed by atoms with van der Waals surface area (Å²) in [6, 6.07) is 3.89. The largest absolute Gasteiger partial charge is 0.394 e. The monoisotopic (exact) mass is 336 g/mol. The van der Waals surface area contributed by atoms with E-state index >= 15 is 0 Å². The number of nitrogens with one attached hydrogen (secondary N) is 1. The highest BCUT2D eigenvalue weighted by Crippen LogP contribution is 2.25. The van der Waals surface area contributed by atoms with Gasteiger partial charge in [0.2, 0.25) is 0 Å². The zero-order chi connectivity index (χ0) is 16.1. The Kier molecular flexibility index (Phi) is 5.43. The molecule has 0 saturated carbocycles. The predicted molar refractivity (Wildman–Crippen MR) is 85.6 cm³/mol. The van der Waals surface area contributed by atoms with Crippen LogP contribution in [0.1, 0.15) is 45.6 Å². The highest BCUT2D eigenvalue weighted by Gasteiger charge is 2.24. The van der Waals surface area contributed by atoms with E-state index < -0.39 is 0 Å². The summed E-state index contributed by atoms with van der Waals surface area (Å²) >= 11 is 1.56. The Morgan fingerprint density at radius 3 is 3.13 bits per heavy atom. The molecule has 2 aromatic heterocycles. The van der Waals surface area contributed by atoms with E-state index in [4.69, 9.17) is 14.4 Å². The molecule has 6 nitrogen and oxygen atoms in total. The average Bonchev–Trinajstić information content (AvgIpc) is 3.24. The number of aliphatic hydroxyl groups is 1. The van der Waals surface area contributed by atoms with Crippen LogP contribution in [0.3, 0.4) is 0 Å². The molecule has 0 spiro atoms. The summed E-state index contributed by atoms with van der Waals surface area (Å²) in [4.78, 5) is 13.4. The number of carbonyl (C=O) groups is 1. The topological polar surface area (TPSA) is 84.6 Å². The number of nitrogens with zero attached hydrogens (tertiary/aromatic N) is 1. The van der Waals surface area contributed by atoms with Gasteiger partial charge in [-0.3, -0.25) is 4.79 Å². The number of fused-ring (bicyclic) bond motifs is 1. The summed E-state index contributed by atoms with van der Waals surface area (Å²) < 4.78 is 10.9. The number of thiophene rings is 1. The van der Waals surface area contributed by atoms with E-state index in [-0.39, 0.29) is 25.2 Å². The van der Waals surface area contributed by atoms with Crippen molar-refractivity contribution in [2.75, 3.05) is 19.8 Å². The molecule has 0 aliphatic heterocycles. The minimum absolute atomic E-state index is 0.0490. The molecule has 0 fully saturated rings. The predicted octanol–water partition coefficient (Wildman–Crippen LogP) is 2.09. The SMILES string of the molecule is O=C(NC[C@@H](OCCO)c1cccs1)c1noc2c1CCCC2. The van der Waals surface area contributed by atoms with E-state index in [1.165, 1.54) is 0 Å². The van der Waals surface area contributed by atoms with Gasteiger partial charge in [-0.15, -0.1) is 11.3 Å². The van der Waals surface area contributed by atoms with Gasteiger partial charge in [-0.25, -0.2) is 0 Å². The molecule has 1 aliphatic carbocycles. The number of aryl methyl sites for hydroxylation is 1. The highest BCUT2D eigenvalue weighted by molar-refractivity contribution is 7.10. The minimum Gasteiger partial charge on any atom is -0.394 e. The summed E-state index contributed by atoms with van der Waals surface area (Å²) in [7, 11) is 0.